The van der Waals surface area contributed by atoms with Crippen molar-refractivity contribution in [3.05, 3.63) is 48.4 Å². The van der Waals surface area contributed by atoms with E-state index in [4.69, 9.17) is 9.15 Å². The number of benzene rings is 1. The molecular weight excluding hydrogens is 284 g/mol. The van der Waals surface area contributed by atoms with Crippen molar-refractivity contribution in [3.8, 4) is 5.75 Å². The Morgan fingerprint density at radius 3 is 2.77 bits per heavy atom. The molecule has 2 rings (SSSR count). The Morgan fingerprint density at radius 2 is 2.05 bits per heavy atom. The number of nitrogens with one attached hydrogen (secondary N) is 2. The van der Waals surface area contributed by atoms with Crippen molar-refractivity contribution in [1.82, 2.24) is 5.32 Å². The molecule has 1 aromatic heterocycles. The summed E-state index contributed by atoms with van der Waals surface area (Å²) in [5.41, 5.74) is 0.639. The highest BCUT2D eigenvalue weighted by Crippen LogP contribution is 2.17. The summed E-state index contributed by atoms with van der Waals surface area (Å²) in [5.74, 6) is 0.868. The molecule has 2 N–H and O–H groups in total. The van der Waals surface area contributed by atoms with E-state index in [0.29, 0.717) is 30.2 Å². The predicted octanol–water partition coefficient (Wildman–Crippen LogP) is 2.32. The van der Waals surface area contributed by atoms with Crippen LogP contribution >= 0.6 is 0 Å². The van der Waals surface area contributed by atoms with Gasteiger partial charge in [0, 0.05) is 18.2 Å². The van der Waals surface area contributed by atoms with Crippen molar-refractivity contribution < 1.29 is 18.7 Å². The fraction of sp³-hybridized carbons (Fsp3) is 0.250. The topological polar surface area (TPSA) is 80.6 Å². The van der Waals surface area contributed by atoms with Crippen LogP contribution in [0.1, 0.15) is 19.1 Å². The van der Waals surface area contributed by atoms with Crippen LogP contribution in [-0.2, 0) is 16.1 Å². The first-order chi connectivity index (χ1) is 10.7. The quantitative estimate of drug-likeness (QED) is 0.822. The third-order valence-electron chi connectivity index (χ3n) is 2.85. The molecule has 0 fully saturated rings. The van der Waals surface area contributed by atoms with Gasteiger partial charge in [-0.3, -0.25) is 9.59 Å². The number of amides is 2. The molecule has 6 heteroatoms. The molecule has 2 aromatic rings. The van der Waals surface area contributed by atoms with Gasteiger partial charge in [-0.15, -0.1) is 0 Å². The molecule has 0 aliphatic rings. The molecule has 0 radical (unpaired) electrons. The lowest BCUT2D eigenvalue weighted by molar-refractivity contribution is -0.123. The fourth-order valence-electron chi connectivity index (χ4n) is 1.71. The van der Waals surface area contributed by atoms with Crippen LogP contribution < -0.4 is 15.4 Å². The minimum Gasteiger partial charge on any atom is -0.484 e. The Kier molecular flexibility index (Phi) is 5.59. The normalized spacial score (nSPS) is 10.0. The summed E-state index contributed by atoms with van der Waals surface area (Å²) < 4.78 is 10.5. The second-order valence-corrected chi connectivity index (χ2v) is 4.57. The summed E-state index contributed by atoms with van der Waals surface area (Å²) in [7, 11) is 0. The second kappa shape index (κ2) is 7.87. The van der Waals surface area contributed by atoms with Gasteiger partial charge in [0.15, 0.2) is 6.61 Å². The van der Waals surface area contributed by atoms with Gasteiger partial charge < -0.3 is 19.8 Å². The molecule has 0 bridgehead atoms. The minimum absolute atomic E-state index is 0.0756. The molecule has 0 saturated carbocycles. The summed E-state index contributed by atoms with van der Waals surface area (Å²) in [5, 5.41) is 5.42. The first kappa shape index (κ1) is 15.6. The highest BCUT2D eigenvalue weighted by molar-refractivity contribution is 5.90. The van der Waals surface area contributed by atoms with Gasteiger partial charge in [-0.25, -0.2) is 0 Å². The fourth-order valence-corrected chi connectivity index (χ4v) is 1.71. The number of hydrogen-bond acceptors (Lipinski definition) is 4. The first-order valence-electron chi connectivity index (χ1n) is 6.99. The van der Waals surface area contributed by atoms with E-state index in [9.17, 15) is 9.59 Å². The molecule has 22 heavy (non-hydrogen) atoms. The standard InChI is InChI=1S/C16H18N2O4/c1-2-15(19)18-12-5-3-6-13(9-12)22-11-16(20)17-10-14-7-4-8-21-14/h3-9H,2,10-11H2,1H3,(H,17,20)(H,18,19). The van der Waals surface area contributed by atoms with Crippen molar-refractivity contribution in [2.75, 3.05) is 11.9 Å². The lowest BCUT2D eigenvalue weighted by atomic mass is 10.3. The molecular formula is C16H18N2O4. The van der Waals surface area contributed by atoms with Crippen LogP contribution in [0.4, 0.5) is 5.69 Å². The Bertz CT molecular complexity index is 623. The van der Waals surface area contributed by atoms with E-state index in [1.807, 2.05) is 0 Å². The zero-order valence-corrected chi connectivity index (χ0v) is 12.3. The molecule has 6 nitrogen and oxygen atoms in total. The maximum atomic E-state index is 11.7. The van der Waals surface area contributed by atoms with Crippen LogP contribution in [0.2, 0.25) is 0 Å². The van der Waals surface area contributed by atoms with Gasteiger partial charge in [-0.05, 0) is 24.3 Å². The summed E-state index contributed by atoms with van der Waals surface area (Å²) in [6.07, 6.45) is 1.95. The number of carbonyl (C=O) groups is 2. The maximum Gasteiger partial charge on any atom is 0.258 e. The van der Waals surface area contributed by atoms with Crippen LogP contribution in [0.3, 0.4) is 0 Å². The summed E-state index contributed by atoms with van der Waals surface area (Å²) >= 11 is 0. The van der Waals surface area contributed by atoms with Gasteiger partial charge in [0.05, 0.1) is 12.8 Å². The third-order valence-corrected chi connectivity index (χ3v) is 2.85. The van der Waals surface area contributed by atoms with Crippen molar-refractivity contribution in [2.45, 2.75) is 19.9 Å². The monoisotopic (exact) mass is 302 g/mol. The molecule has 116 valence electrons. The second-order valence-electron chi connectivity index (χ2n) is 4.57. The van der Waals surface area contributed by atoms with E-state index >= 15 is 0 Å². The number of hydrogen-bond donors (Lipinski definition) is 2. The van der Waals surface area contributed by atoms with Gasteiger partial charge in [0.1, 0.15) is 11.5 Å². The van der Waals surface area contributed by atoms with Gasteiger partial charge in [-0.1, -0.05) is 13.0 Å². The van der Waals surface area contributed by atoms with Crippen LogP contribution in [0.5, 0.6) is 5.75 Å². The Hall–Kier alpha value is -2.76. The van der Waals surface area contributed by atoms with Crippen LogP contribution in [0.15, 0.2) is 47.1 Å². The first-order valence-corrected chi connectivity index (χ1v) is 6.99. The van der Waals surface area contributed by atoms with E-state index in [-0.39, 0.29) is 18.4 Å². The van der Waals surface area contributed by atoms with Crippen molar-refractivity contribution in [3.63, 3.8) is 0 Å². The van der Waals surface area contributed by atoms with Crippen molar-refractivity contribution in [1.29, 1.82) is 0 Å². The number of anilines is 1. The number of furan rings is 1. The van der Waals surface area contributed by atoms with E-state index in [1.165, 1.54) is 0 Å². The Morgan fingerprint density at radius 1 is 1.18 bits per heavy atom. The number of carbonyl (C=O) groups excluding carboxylic acids is 2. The van der Waals surface area contributed by atoms with Gasteiger partial charge in [0.25, 0.3) is 5.91 Å². The van der Waals surface area contributed by atoms with Crippen LogP contribution in [-0.4, -0.2) is 18.4 Å². The van der Waals surface area contributed by atoms with E-state index in [0.717, 1.165) is 0 Å². The molecule has 0 unspecified atom stereocenters. The molecule has 0 aliphatic carbocycles. The van der Waals surface area contributed by atoms with Gasteiger partial charge in [0.2, 0.25) is 5.91 Å². The number of ether oxygens (including phenoxy) is 1. The molecule has 0 saturated heterocycles. The minimum atomic E-state index is -0.251. The largest absolute Gasteiger partial charge is 0.484 e. The van der Waals surface area contributed by atoms with Crippen LogP contribution in [0, 0.1) is 0 Å². The van der Waals surface area contributed by atoms with E-state index in [1.54, 1.807) is 49.6 Å². The van der Waals surface area contributed by atoms with Gasteiger partial charge in [-0.2, -0.15) is 0 Å². The third kappa shape index (κ3) is 4.97. The Balaban J connectivity index is 1.79. The smallest absolute Gasteiger partial charge is 0.258 e. The van der Waals surface area contributed by atoms with Crippen molar-refractivity contribution in [2.24, 2.45) is 0 Å². The molecule has 0 spiro atoms. The average Bonchev–Trinajstić information content (AvgIpc) is 3.04. The highest BCUT2D eigenvalue weighted by Gasteiger charge is 2.05. The predicted molar refractivity (Wildman–Crippen MR) is 81.4 cm³/mol. The maximum absolute atomic E-state index is 11.7. The number of rotatable bonds is 7. The molecule has 0 aliphatic heterocycles. The molecule has 1 heterocycles. The average molecular weight is 302 g/mol. The lowest BCUT2D eigenvalue weighted by Crippen LogP contribution is -2.28. The zero-order chi connectivity index (χ0) is 15.8. The molecule has 1 aromatic carbocycles. The van der Waals surface area contributed by atoms with Gasteiger partial charge >= 0.3 is 0 Å². The zero-order valence-electron chi connectivity index (χ0n) is 12.3. The van der Waals surface area contributed by atoms with Crippen LogP contribution in [0.25, 0.3) is 0 Å². The summed E-state index contributed by atoms with van der Waals surface area (Å²) in [6.45, 7) is 1.99. The lowest BCUT2D eigenvalue weighted by Gasteiger charge is -2.09. The molecule has 2 amide bonds. The van der Waals surface area contributed by atoms with E-state index < -0.39 is 0 Å². The Labute approximate surface area is 128 Å². The SMILES string of the molecule is CCC(=O)Nc1cccc(OCC(=O)NCc2ccco2)c1. The summed E-state index contributed by atoms with van der Waals surface area (Å²) in [4.78, 5) is 23.0. The summed E-state index contributed by atoms with van der Waals surface area (Å²) in [6, 6.07) is 10.4. The highest BCUT2D eigenvalue weighted by atomic mass is 16.5. The van der Waals surface area contributed by atoms with E-state index in [2.05, 4.69) is 10.6 Å². The molecule has 0 atom stereocenters. The van der Waals surface area contributed by atoms with Crippen molar-refractivity contribution >= 4 is 17.5 Å².